The second-order valence-corrected chi connectivity index (χ2v) is 6.49. The molecule has 2 aromatic rings. The van der Waals surface area contributed by atoms with E-state index in [1.54, 1.807) is 35.0 Å². The number of nitrogens with zero attached hydrogens (tertiary/aromatic N) is 2. The zero-order valence-electron chi connectivity index (χ0n) is 16.5. The summed E-state index contributed by atoms with van der Waals surface area (Å²) in [5.74, 6) is -0.561. The van der Waals surface area contributed by atoms with Crippen LogP contribution in [0.2, 0.25) is 0 Å². The van der Waals surface area contributed by atoms with Crippen LogP contribution in [0.4, 0.5) is 0 Å². The average molecular weight is 388 g/mol. The zero-order chi connectivity index (χ0) is 20.4. The van der Waals surface area contributed by atoms with E-state index < -0.39 is 18.0 Å². The minimum Gasteiger partial charge on any atom is -0.507 e. The summed E-state index contributed by atoms with van der Waals surface area (Å²) in [5.41, 5.74) is 0.471. The lowest BCUT2D eigenvalue weighted by Crippen LogP contribution is -2.26. The molecule has 2 rings (SSSR count). The van der Waals surface area contributed by atoms with Crippen molar-refractivity contribution in [3.63, 3.8) is 0 Å². The second-order valence-electron chi connectivity index (χ2n) is 6.49. The summed E-state index contributed by atoms with van der Waals surface area (Å²) in [4.78, 5) is 29.2. The minimum absolute atomic E-state index is 0.0403. The maximum atomic E-state index is 12.7. The number of aromatic hydroxyl groups is 1. The Morgan fingerprint density at radius 2 is 1.79 bits per heavy atom. The third-order valence-electron chi connectivity index (χ3n) is 4.28. The van der Waals surface area contributed by atoms with Gasteiger partial charge in [-0.3, -0.25) is 4.79 Å². The summed E-state index contributed by atoms with van der Waals surface area (Å²) in [6, 6.07) is 5.80. The number of phenolic OH excluding ortho intramolecular Hbond substituents is 1. The zero-order valence-corrected chi connectivity index (χ0v) is 16.5. The Bertz CT molecular complexity index is 772. The molecule has 0 fully saturated rings. The van der Waals surface area contributed by atoms with E-state index in [-0.39, 0.29) is 18.8 Å². The Balaban J connectivity index is 2.26. The molecule has 0 radical (unpaired) electrons. The summed E-state index contributed by atoms with van der Waals surface area (Å²) in [5, 5.41) is 10.2. The number of rotatable bonds is 11. The van der Waals surface area contributed by atoms with Crippen molar-refractivity contribution >= 4 is 11.9 Å². The van der Waals surface area contributed by atoms with Gasteiger partial charge >= 0.3 is 11.9 Å². The van der Waals surface area contributed by atoms with Crippen LogP contribution in [-0.4, -0.2) is 39.8 Å². The first-order valence-electron chi connectivity index (χ1n) is 9.71. The summed E-state index contributed by atoms with van der Waals surface area (Å²) < 4.78 is 12.1. The van der Waals surface area contributed by atoms with Gasteiger partial charge in [-0.25, -0.2) is 9.78 Å². The van der Waals surface area contributed by atoms with Gasteiger partial charge in [0.25, 0.3) is 0 Å². The monoisotopic (exact) mass is 388 g/mol. The van der Waals surface area contributed by atoms with Crippen molar-refractivity contribution in [2.75, 3.05) is 13.2 Å². The molecule has 1 heterocycles. The summed E-state index contributed by atoms with van der Waals surface area (Å²) >= 11 is 0. The number of hydrogen-bond acceptors (Lipinski definition) is 6. The highest BCUT2D eigenvalue weighted by molar-refractivity contribution is 5.82. The number of aromatic nitrogens is 2. The first kappa shape index (κ1) is 21.5. The number of carbonyl (C=O) groups is 2. The first-order chi connectivity index (χ1) is 13.6. The van der Waals surface area contributed by atoms with Crippen molar-refractivity contribution in [1.82, 2.24) is 9.55 Å². The highest BCUT2D eigenvalue weighted by Crippen LogP contribution is 2.30. The number of benzene rings is 1. The van der Waals surface area contributed by atoms with E-state index in [0.29, 0.717) is 18.0 Å². The van der Waals surface area contributed by atoms with Crippen LogP contribution in [0.3, 0.4) is 0 Å². The van der Waals surface area contributed by atoms with Crippen LogP contribution < -0.4 is 0 Å². The Hall–Kier alpha value is -2.83. The van der Waals surface area contributed by atoms with Gasteiger partial charge in [0.05, 0.1) is 25.2 Å². The maximum Gasteiger partial charge on any atom is 0.329 e. The number of para-hydroxylation sites is 1. The van der Waals surface area contributed by atoms with Crippen molar-refractivity contribution in [2.24, 2.45) is 0 Å². The van der Waals surface area contributed by atoms with Crippen LogP contribution in [0.25, 0.3) is 11.4 Å². The largest absolute Gasteiger partial charge is 0.507 e. The molecule has 28 heavy (non-hydrogen) atoms. The van der Waals surface area contributed by atoms with Crippen molar-refractivity contribution < 1.29 is 24.2 Å². The molecule has 1 aromatic heterocycles. The quantitative estimate of drug-likeness (QED) is 0.464. The standard InChI is InChI=1S/C21H28N2O5/c1-3-5-13-27-19(25)15-17(21(26)28-14-6-4-2)23-12-11-22-20(23)16-9-7-8-10-18(16)24/h7-12,17,24H,3-6,13-15H2,1-2H3. The third-order valence-corrected chi connectivity index (χ3v) is 4.28. The van der Waals surface area contributed by atoms with Crippen molar-refractivity contribution in [3.8, 4) is 17.1 Å². The Kier molecular flexibility index (Phi) is 8.52. The molecule has 1 unspecified atom stereocenters. The Morgan fingerprint density at radius 3 is 2.46 bits per heavy atom. The Morgan fingerprint density at radius 1 is 1.11 bits per heavy atom. The number of esters is 2. The predicted molar refractivity (Wildman–Crippen MR) is 105 cm³/mol. The molecule has 1 N–H and O–H groups in total. The number of ether oxygens (including phenoxy) is 2. The highest BCUT2D eigenvalue weighted by atomic mass is 16.5. The molecule has 7 nitrogen and oxygen atoms in total. The topological polar surface area (TPSA) is 90.7 Å². The van der Waals surface area contributed by atoms with Crippen molar-refractivity contribution in [1.29, 1.82) is 0 Å². The van der Waals surface area contributed by atoms with Crippen LogP contribution in [0, 0.1) is 0 Å². The van der Waals surface area contributed by atoms with E-state index in [1.807, 2.05) is 13.8 Å². The molecule has 1 aromatic carbocycles. The number of unbranched alkanes of at least 4 members (excludes halogenated alkanes) is 2. The van der Waals surface area contributed by atoms with E-state index in [1.165, 1.54) is 6.20 Å². The van der Waals surface area contributed by atoms with Gasteiger partial charge in [0.1, 0.15) is 17.6 Å². The molecule has 1 atom stereocenters. The van der Waals surface area contributed by atoms with E-state index in [9.17, 15) is 14.7 Å². The van der Waals surface area contributed by atoms with Crippen LogP contribution in [-0.2, 0) is 19.1 Å². The SMILES string of the molecule is CCCCOC(=O)CC(C(=O)OCCCC)n1ccnc1-c1ccccc1O. The highest BCUT2D eigenvalue weighted by Gasteiger charge is 2.28. The maximum absolute atomic E-state index is 12.7. The second kappa shape index (κ2) is 11.1. The van der Waals surface area contributed by atoms with Crippen LogP contribution in [0.1, 0.15) is 52.0 Å². The molecular formula is C21H28N2O5. The first-order valence-corrected chi connectivity index (χ1v) is 9.71. The van der Waals surface area contributed by atoms with Gasteiger partial charge in [-0.05, 0) is 25.0 Å². The lowest BCUT2D eigenvalue weighted by atomic mass is 10.1. The molecule has 7 heteroatoms. The number of imidazole rings is 1. The fourth-order valence-electron chi connectivity index (χ4n) is 2.69. The van der Waals surface area contributed by atoms with E-state index in [2.05, 4.69) is 4.98 Å². The summed E-state index contributed by atoms with van der Waals surface area (Å²) in [7, 11) is 0. The smallest absolute Gasteiger partial charge is 0.329 e. The number of carbonyl (C=O) groups excluding carboxylic acids is 2. The predicted octanol–water partition coefficient (Wildman–Crippen LogP) is 3.87. The van der Waals surface area contributed by atoms with Gasteiger partial charge in [0.15, 0.2) is 0 Å². The Labute approximate surface area is 165 Å². The van der Waals surface area contributed by atoms with Crippen molar-refractivity contribution in [2.45, 2.75) is 52.0 Å². The van der Waals surface area contributed by atoms with Gasteiger partial charge in [0.2, 0.25) is 0 Å². The normalized spacial score (nSPS) is 11.8. The number of phenols is 1. The van der Waals surface area contributed by atoms with Gasteiger partial charge in [-0.2, -0.15) is 0 Å². The molecule has 0 aliphatic rings. The van der Waals surface area contributed by atoms with Crippen LogP contribution >= 0.6 is 0 Å². The summed E-state index contributed by atoms with van der Waals surface area (Å²) in [6.45, 7) is 4.62. The van der Waals surface area contributed by atoms with Crippen LogP contribution in [0.5, 0.6) is 5.75 Å². The minimum atomic E-state index is -0.914. The van der Waals surface area contributed by atoms with Gasteiger partial charge in [0, 0.05) is 12.4 Å². The number of hydrogen-bond donors (Lipinski definition) is 1. The molecule has 152 valence electrons. The lowest BCUT2D eigenvalue weighted by molar-refractivity contribution is -0.154. The fraction of sp³-hybridized carbons (Fsp3) is 0.476. The van der Waals surface area contributed by atoms with E-state index in [4.69, 9.17) is 9.47 Å². The molecule has 0 aliphatic carbocycles. The molecular weight excluding hydrogens is 360 g/mol. The molecule has 0 saturated carbocycles. The van der Waals surface area contributed by atoms with E-state index >= 15 is 0 Å². The van der Waals surface area contributed by atoms with Gasteiger partial charge < -0.3 is 19.1 Å². The molecule has 0 saturated heterocycles. The average Bonchev–Trinajstić information content (AvgIpc) is 3.16. The van der Waals surface area contributed by atoms with E-state index in [0.717, 1.165) is 25.7 Å². The molecule has 0 bridgehead atoms. The fourth-order valence-corrected chi connectivity index (χ4v) is 2.69. The molecule has 0 amide bonds. The van der Waals surface area contributed by atoms with Gasteiger partial charge in [-0.1, -0.05) is 38.8 Å². The van der Waals surface area contributed by atoms with Crippen molar-refractivity contribution in [3.05, 3.63) is 36.7 Å². The lowest BCUT2D eigenvalue weighted by Gasteiger charge is -2.19. The van der Waals surface area contributed by atoms with Crippen LogP contribution in [0.15, 0.2) is 36.7 Å². The third kappa shape index (κ3) is 5.84. The summed E-state index contributed by atoms with van der Waals surface area (Å²) in [6.07, 6.45) is 6.29. The molecule has 0 spiro atoms. The van der Waals surface area contributed by atoms with Gasteiger partial charge in [-0.15, -0.1) is 0 Å². The molecule has 0 aliphatic heterocycles.